The van der Waals surface area contributed by atoms with Crippen molar-refractivity contribution in [3.63, 3.8) is 0 Å². The predicted molar refractivity (Wildman–Crippen MR) is 93.4 cm³/mol. The van der Waals surface area contributed by atoms with Crippen LogP contribution in [0.3, 0.4) is 0 Å². The van der Waals surface area contributed by atoms with Gasteiger partial charge in [0.15, 0.2) is 0 Å². The molecule has 3 aliphatic rings. The maximum atomic E-state index is 11.3. The largest absolute Gasteiger partial charge is 0.465 e. The van der Waals surface area contributed by atoms with Crippen molar-refractivity contribution in [2.24, 2.45) is 0 Å². The van der Waals surface area contributed by atoms with Crippen LogP contribution in [-0.4, -0.2) is 47.5 Å². The SMILES string of the molecule is O=C(O)N1CC[C@H]2[C@@H](C1)c1cc(I)cc3c1N2CCSC3. The monoisotopic (exact) mass is 416 g/mol. The van der Waals surface area contributed by atoms with E-state index in [9.17, 15) is 9.90 Å². The fourth-order valence-corrected chi connectivity index (χ4v) is 5.62. The summed E-state index contributed by atoms with van der Waals surface area (Å²) in [5, 5.41) is 9.30. The smallest absolute Gasteiger partial charge is 0.407 e. The van der Waals surface area contributed by atoms with Crippen LogP contribution in [0.15, 0.2) is 12.1 Å². The molecule has 3 aliphatic heterocycles. The van der Waals surface area contributed by atoms with Gasteiger partial charge < -0.3 is 14.9 Å². The molecule has 1 fully saturated rings. The molecular formula is C15H17IN2O2S. The number of nitrogens with zero attached hydrogens (tertiary/aromatic N) is 2. The Morgan fingerprint density at radius 1 is 1.38 bits per heavy atom. The molecule has 0 radical (unpaired) electrons. The second kappa shape index (κ2) is 5.22. The van der Waals surface area contributed by atoms with Crippen molar-refractivity contribution in [3.8, 4) is 0 Å². The summed E-state index contributed by atoms with van der Waals surface area (Å²) < 4.78 is 1.27. The van der Waals surface area contributed by atoms with E-state index in [1.807, 2.05) is 11.8 Å². The molecule has 0 bridgehead atoms. The third kappa shape index (κ3) is 2.21. The Balaban J connectivity index is 1.80. The molecular weight excluding hydrogens is 399 g/mol. The van der Waals surface area contributed by atoms with Gasteiger partial charge in [0.05, 0.1) is 0 Å². The lowest BCUT2D eigenvalue weighted by Crippen LogP contribution is -2.48. The third-order valence-electron chi connectivity index (χ3n) is 4.85. The van der Waals surface area contributed by atoms with Crippen LogP contribution in [0, 0.1) is 3.57 Å². The topological polar surface area (TPSA) is 43.8 Å². The number of fused-ring (bicyclic) bond motifs is 3. The normalized spacial score (nSPS) is 27.1. The number of halogens is 1. The maximum Gasteiger partial charge on any atom is 0.407 e. The number of benzene rings is 1. The van der Waals surface area contributed by atoms with Gasteiger partial charge in [0.2, 0.25) is 0 Å². The molecule has 1 N–H and O–H groups in total. The lowest BCUT2D eigenvalue weighted by Gasteiger charge is -2.37. The summed E-state index contributed by atoms with van der Waals surface area (Å²) in [4.78, 5) is 15.5. The van der Waals surface area contributed by atoms with Gasteiger partial charge in [0.25, 0.3) is 0 Å². The molecule has 0 aromatic heterocycles. The molecule has 0 aliphatic carbocycles. The minimum atomic E-state index is -0.776. The Bertz CT molecular complexity index is 610. The lowest BCUT2D eigenvalue weighted by molar-refractivity contribution is 0.127. The van der Waals surface area contributed by atoms with Crippen molar-refractivity contribution in [2.75, 3.05) is 30.3 Å². The van der Waals surface area contributed by atoms with Crippen molar-refractivity contribution in [1.29, 1.82) is 0 Å². The Hall–Kier alpha value is -0.630. The number of anilines is 1. The number of thioether (sulfide) groups is 1. The Morgan fingerprint density at radius 2 is 2.24 bits per heavy atom. The van der Waals surface area contributed by atoms with Gasteiger partial charge in [-0.1, -0.05) is 0 Å². The van der Waals surface area contributed by atoms with E-state index in [-0.39, 0.29) is 0 Å². The fourth-order valence-electron chi connectivity index (χ4n) is 4.00. The van der Waals surface area contributed by atoms with Gasteiger partial charge in [0.1, 0.15) is 0 Å². The Morgan fingerprint density at radius 3 is 3.05 bits per heavy atom. The number of likely N-dealkylation sites (tertiary alicyclic amines) is 1. The first-order valence-corrected chi connectivity index (χ1v) is 9.53. The van der Waals surface area contributed by atoms with Gasteiger partial charge in [-0.15, -0.1) is 0 Å². The number of piperidine rings is 1. The summed E-state index contributed by atoms with van der Waals surface area (Å²) in [6.45, 7) is 2.41. The van der Waals surface area contributed by atoms with E-state index in [0.717, 1.165) is 24.5 Å². The third-order valence-corrected chi connectivity index (χ3v) is 6.46. The zero-order valence-corrected chi connectivity index (χ0v) is 14.6. The highest BCUT2D eigenvalue weighted by molar-refractivity contribution is 14.1. The molecule has 3 heterocycles. The number of hydrogen-bond donors (Lipinski definition) is 1. The fraction of sp³-hybridized carbons (Fsp3) is 0.533. The lowest BCUT2D eigenvalue weighted by atomic mass is 9.89. The highest BCUT2D eigenvalue weighted by Crippen LogP contribution is 2.48. The number of carboxylic acid groups (broad SMARTS) is 1. The Labute approximate surface area is 142 Å². The summed E-state index contributed by atoms with van der Waals surface area (Å²) in [6.07, 6.45) is 0.175. The molecule has 1 saturated heterocycles. The molecule has 4 nitrogen and oxygen atoms in total. The minimum Gasteiger partial charge on any atom is -0.465 e. The molecule has 21 heavy (non-hydrogen) atoms. The van der Waals surface area contributed by atoms with Gasteiger partial charge in [-0.2, -0.15) is 11.8 Å². The number of amides is 1. The van der Waals surface area contributed by atoms with Gasteiger partial charge in [-0.25, -0.2) is 4.79 Å². The first kappa shape index (κ1) is 14.0. The molecule has 6 heteroatoms. The molecule has 2 atom stereocenters. The van der Waals surface area contributed by atoms with Crippen LogP contribution in [0.5, 0.6) is 0 Å². The quantitative estimate of drug-likeness (QED) is 0.660. The Kier molecular flexibility index (Phi) is 3.48. The van der Waals surface area contributed by atoms with Gasteiger partial charge >= 0.3 is 6.09 Å². The molecule has 1 amide bonds. The van der Waals surface area contributed by atoms with Crippen molar-refractivity contribution >= 4 is 46.1 Å². The highest BCUT2D eigenvalue weighted by Gasteiger charge is 2.44. The average molecular weight is 416 g/mol. The van der Waals surface area contributed by atoms with Crippen LogP contribution >= 0.6 is 34.4 Å². The molecule has 0 spiro atoms. The summed E-state index contributed by atoms with van der Waals surface area (Å²) in [6, 6.07) is 5.07. The second-order valence-electron chi connectivity index (χ2n) is 5.94. The van der Waals surface area contributed by atoms with Crippen molar-refractivity contribution in [1.82, 2.24) is 4.90 Å². The average Bonchev–Trinajstić information content (AvgIpc) is 2.62. The van der Waals surface area contributed by atoms with Gasteiger partial charge in [0, 0.05) is 52.4 Å². The number of rotatable bonds is 0. The van der Waals surface area contributed by atoms with Crippen molar-refractivity contribution in [2.45, 2.75) is 24.1 Å². The van der Waals surface area contributed by atoms with Crippen LogP contribution in [0.2, 0.25) is 0 Å². The molecule has 1 aromatic carbocycles. The van der Waals surface area contributed by atoms with Crippen molar-refractivity contribution < 1.29 is 9.90 Å². The van der Waals surface area contributed by atoms with E-state index in [1.54, 1.807) is 4.90 Å². The summed E-state index contributed by atoms with van der Waals surface area (Å²) >= 11 is 4.40. The maximum absolute atomic E-state index is 11.3. The van der Waals surface area contributed by atoms with Crippen LogP contribution in [0.4, 0.5) is 10.5 Å². The minimum absolute atomic E-state index is 0.349. The van der Waals surface area contributed by atoms with E-state index in [0.29, 0.717) is 25.0 Å². The number of carbonyl (C=O) groups is 1. The molecule has 112 valence electrons. The van der Waals surface area contributed by atoms with Crippen LogP contribution in [0.25, 0.3) is 0 Å². The van der Waals surface area contributed by atoms with Crippen molar-refractivity contribution in [3.05, 3.63) is 26.8 Å². The molecule has 1 aromatic rings. The molecule has 0 saturated carbocycles. The van der Waals surface area contributed by atoms with E-state index < -0.39 is 6.09 Å². The second-order valence-corrected chi connectivity index (χ2v) is 8.29. The van der Waals surface area contributed by atoms with E-state index in [1.165, 1.54) is 20.4 Å². The summed E-state index contributed by atoms with van der Waals surface area (Å²) in [5.41, 5.74) is 4.24. The predicted octanol–water partition coefficient (Wildman–Crippen LogP) is 3.19. The van der Waals surface area contributed by atoms with Crippen LogP contribution in [-0.2, 0) is 5.75 Å². The first-order valence-electron chi connectivity index (χ1n) is 7.29. The summed E-state index contributed by atoms with van der Waals surface area (Å²) in [5.74, 6) is 2.59. The highest BCUT2D eigenvalue weighted by atomic mass is 127. The van der Waals surface area contributed by atoms with Gasteiger partial charge in [-0.3, -0.25) is 0 Å². The molecule has 0 unspecified atom stereocenters. The molecule has 4 rings (SSSR count). The van der Waals surface area contributed by atoms with E-state index in [2.05, 4.69) is 39.6 Å². The zero-order chi connectivity index (χ0) is 14.6. The standard InChI is InChI=1S/C15H17IN2O2S/c16-10-5-9-8-21-4-3-18-13-1-2-17(15(19)20)7-12(13)11(6-10)14(9)18/h5-6,12-13H,1-4,7-8H2,(H,19,20)/t12-,13-/m0/s1. The summed E-state index contributed by atoms with van der Waals surface area (Å²) in [7, 11) is 0. The van der Waals surface area contributed by atoms with Crippen LogP contribution in [0.1, 0.15) is 23.5 Å². The number of hydrogen-bond acceptors (Lipinski definition) is 3. The first-order chi connectivity index (χ1) is 10.1. The van der Waals surface area contributed by atoms with Gasteiger partial charge in [-0.05, 0) is 52.3 Å². The van der Waals surface area contributed by atoms with E-state index in [4.69, 9.17) is 0 Å². The zero-order valence-electron chi connectivity index (χ0n) is 11.6. The van der Waals surface area contributed by atoms with E-state index >= 15 is 0 Å². The van der Waals surface area contributed by atoms with Crippen LogP contribution < -0.4 is 4.90 Å².